The molecule has 164 valence electrons. The van der Waals surface area contributed by atoms with Crippen molar-refractivity contribution in [1.29, 1.82) is 0 Å². The maximum Gasteiger partial charge on any atom is 0.0962 e. The average molecular weight is 388 g/mol. The van der Waals surface area contributed by atoms with Crippen LogP contribution in [0.2, 0.25) is 0 Å². The summed E-state index contributed by atoms with van der Waals surface area (Å²) in [5.74, 6) is 0. The van der Waals surface area contributed by atoms with Crippen LogP contribution in [-0.4, -0.2) is 44.8 Å². The Bertz CT molecular complexity index is 264. The van der Waals surface area contributed by atoms with Crippen LogP contribution in [0.15, 0.2) is 0 Å². The topological polar surface area (TPSA) is 50.7 Å². The van der Waals surface area contributed by atoms with E-state index in [-0.39, 0.29) is 0 Å². The molecule has 4 nitrogen and oxygen atoms in total. The van der Waals surface area contributed by atoms with Crippen molar-refractivity contribution in [2.24, 2.45) is 0 Å². The minimum absolute atomic E-state index is 0.412. The number of hydrogen-bond donors (Lipinski definition) is 2. The average Bonchev–Trinajstić information content (AvgIpc) is 2.67. The number of unbranched alkanes of at least 4 members (excludes halogenated alkanes) is 15. The number of hydrogen-bond acceptors (Lipinski definition) is 4. The molecule has 0 saturated heterocycles. The molecule has 0 fully saturated rings. The summed E-state index contributed by atoms with van der Waals surface area (Å²) in [6.45, 7) is 4.45. The molecule has 0 aliphatic rings. The van der Waals surface area contributed by atoms with Gasteiger partial charge >= 0.3 is 0 Å². The smallest absolute Gasteiger partial charge is 0.0962 e. The molecule has 2 N–H and O–H groups in total. The van der Waals surface area contributed by atoms with Gasteiger partial charge in [-0.25, -0.2) is 0 Å². The molecular formula is C23H49NO3. The highest BCUT2D eigenvalue weighted by molar-refractivity contribution is 4.56. The van der Waals surface area contributed by atoms with Crippen LogP contribution in [0.5, 0.6) is 0 Å². The van der Waals surface area contributed by atoms with Crippen molar-refractivity contribution in [2.75, 3.05) is 33.6 Å². The Morgan fingerprint density at radius 2 is 1.15 bits per heavy atom. The molecule has 0 aliphatic heterocycles. The molecule has 27 heavy (non-hydrogen) atoms. The second-order valence-electron chi connectivity index (χ2n) is 7.92. The first-order chi connectivity index (χ1) is 13.3. The minimum atomic E-state index is -0.443. The van der Waals surface area contributed by atoms with Gasteiger partial charge < -0.3 is 14.6 Å². The normalized spacial score (nSPS) is 12.6. The Kier molecular flexibility index (Phi) is 23.7. The largest absolute Gasteiger partial charge is 0.389 e. The molecule has 0 amide bonds. The summed E-state index contributed by atoms with van der Waals surface area (Å²) in [7, 11) is 1.63. The van der Waals surface area contributed by atoms with E-state index >= 15 is 0 Å². The first kappa shape index (κ1) is 26.8. The fourth-order valence-corrected chi connectivity index (χ4v) is 3.36. The molecule has 0 aromatic heterocycles. The Morgan fingerprint density at radius 1 is 0.704 bits per heavy atom. The third-order valence-electron chi connectivity index (χ3n) is 5.08. The van der Waals surface area contributed by atoms with Crippen LogP contribution in [0.4, 0.5) is 0 Å². The quantitative estimate of drug-likeness (QED) is 0.171. The zero-order valence-electron chi connectivity index (χ0n) is 18.5. The summed E-state index contributed by atoms with van der Waals surface area (Å²) in [5.41, 5.74) is 0. The first-order valence-electron chi connectivity index (χ1n) is 11.8. The van der Waals surface area contributed by atoms with Crippen LogP contribution in [0.3, 0.4) is 0 Å². The van der Waals surface area contributed by atoms with Crippen molar-refractivity contribution < 1.29 is 14.6 Å². The zero-order chi connectivity index (χ0) is 19.8. The second kappa shape index (κ2) is 23.9. The van der Waals surface area contributed by atoms with Gasteiger partial charge in [0.25, 0.3) is 0 Å². The van der Waals surface area contributed by atoms with Gasteiger partial charge in [-0.1, -0.05) is 103 Å². The predicted molar refractivity (Wildman–Crippen MR) is 116 cm³/mol. The summed E-state index contributed by atoms with van der Waals surface area (Å²) >= 11 is 0. The van der Waals surface area contributed by atoms with Crippen molar-refractivity contribution in [3.05, 3.63) is 0 Å². The molecule has 1 unspecified atom stereocenters. The van der Waals surface area contributed by atoms with Gasteiger partial charge in [0.05, 0.1) is 19.4 Å². The van der Waals surface area contributed by atoms with Crippen LogP contribution >= 0.6 is 0 Å². The Labute approximate surface area is 169 Å². The molecule has 0 bridgehead atoms. The highest BCUT2D eigenvalue weighted by Crippen LogP contribution is 2.13. The van der Waals surface area contributed by atoms with Crippen LogP contribution in [0, 0.1) is 0 Å². The van der Waals surface area contributed by atoms with Crippen LogP contribution < -0.4 is 5.32 Å². The van der Waals surface area contributed by atoms with E-state index in [9.17, 15) is 5.11 Å². The summed E-state index contributed by atoms with van der Waals surface area (Å²) in [4.78, 5) is 0. The van der Waals surface area contributed by atoms with Gasteiger partial charge in [-0.2, -0.15) is 0 Å². The van der Waals surface area contributed by atoms with E-state index < -0.39 is 6.10 Å². The molecule has 0 rings (SSSR count). The van der Waals surface area contributed by atoms with E-state index in [1.807, 2.05) is 0 Å². The molecule has 0 spiro atoms. The number of nitrogens with one attached hydrogen (secondary N) is 1. The highest BCUT2D eigenvalue weighted by Gasteiger charge is 2.02. The molecule has 0 aromatic rings. The van der Waals surface area contributed by atoms with E-state index in [0.717, 1.165) is 13.0 Å². The highest BCUT2D eigenvalue weighted by atomic mass is 16.5. The molecule has 0 aromatic carbocycles. The number of rotatable bonds is 23. The summed E-state index contributed by atoms with van der Waals surface area (Å²) in [5, 5.41) is 12.7. The van der Waals surface area contributed by atoms with Crippen LogP contribution in [0.1, 0.15) is 110 Å². The number of ether oxygens (including phenoxy) is 2. The monoisotopic (exact) mass is 387 g/mol. The molecule has 4 heteroatoms. The fourth-order valence-electron chi connectivity index (χ4n) is 3.36. The third kappa shape index (κ3) is 23.8. The van der Waals surface area contributed by atoms with E-state index in [1.165, 1.54) is 96.3 Å². The van der Waals surface area contributed by atoms with Gasteiger partial charge in [0.1, 0.15) is 0 Å². The molecule has 0 radical (unpaired) electrons. The van der Waals surface area contributed by atoms with E-state index in [1.54, 1.807) is 7.11 Å². The van der Waals surface area contributed by atoms with Gasteiger partial charge in [0, 0.05) is 20.3 Å². The van der Waals surface area contributed by atoms with Gasteiger partial charge in [0.15, 0.2) is 0 Å². The molecular weight excluding hydrogens is 338 g/mol. The predicted octanol–water partition coefficient (Wildman–Crippen LogP) is 5.82. The lowest BCUT2D eigenvalue weighted by Crippen LogP contribution is -2.31. The Morgan fingerprint density at radius 3 is 1.59 bits per heavy atom. The molecule has 1 atom stereocenters. The Balaban J connectivity index is 3.05. The molecule has 0 heterocycles. The van der Waals surface area contributed by atoms with E-state index in [4.69, 9.17) is 9.47 Å². The van der Waals surface area contributed by atoms with Crippen molar-refractivity contribution in [2.45, 2.75) is 116 Å². The lowest BCUT2D eigenvalue weighted by Gasteiger charge is -2.11. The van der Waals surface area contributed by atoms with Gasteiger partial charge in [0.2, 0.25) is 0 Å². The Hall–Kier alpha value is -0.160. The van der Waals surface area contributed by atoms with Gasteiger partial charge in [-0.3, -0.25) is 5.32 Å². The fraction of sp³-hybridized carbons (Fsp3) is 1.00. The van der Waals surface area contributed by atoms with E-state index in [0.29, 0.717) is 19.9 Å². The van der Waals surface area contributed by atoms with Gasteiger partial charge in [-0.15, -0.1) is 0 Å². The lowest BCUT2D eigenvalue weighted by molar-refractivity contribution is 0.0305. The summed E-state index contributed by atoms with van der Waals surface area (Å²) in [6, 6.07) is 0. The second-order valence-corrected chi connectivity index (χ2v) is 7.92. The zero-order valence-corrected chi connectivity index (χ0v) is 18.5. The number of aliphatic hydroxyl groups excluding tert-OH is 1. The van der Waals surface area contributed by atoms with Crippen molar-refractivity contribution in [1.82, 2.24) is 5.32 Å². The number of methoxy groups -OCH3 is 1. The van der Waals surface area contributed by atoms with Crippen LogP contribution in [-0.2, 0) is 9.47 Å². The molecule has 0 saturated carbocycles. The standard InChI is InChI=1S/C23H49NO3/c1-3-4-5-6-7-8-9-10-11-12-13-14-15-16-17-18-19-27-21-23(25)20-24-22-26-2/h23-25H,3-22H2,1-2H3. The van der Waals surface area contributed by atoms with Gasteiger partial charge in [-0.05, 0) is 6.42 Å². The third-order valence-corrected chi connectivity index (χ3v) is 5.08. The lowest BCUT2D eigenvalue weighted by atomic mass is 10.0. The maximum absolute atomic E-state index is 9.67. The summed E-state index contributed by atoms with van der Waals surface area (Å²) < 4.78 is 10.4. The maximum atomic E-state index is 9.67. The van der Waals surface area contributed by atoms with Crippen molar-refractivity contribution in [3.8, 4) is 0 Å². The minimum Gasteiger partial charge on any atom is -0.389 e. The summed E-state index contributed by atoms with van der Waals surface area (Å²) in [6.07, 6.45) is 21.7. The van der Waals surface area contributed by atoms with Crippen molar-refractivity contribution in [3.63, 3.8) is 0 Å². The van der Waals surface area contributed by atoms with Crippen LogP contribution in [0.25, 0.3) is 0 Å². The molecule has 0 aliphatic carbocycles. The van der Waals surface area contributed by atoms with Crippen molar-refractivity contribution >= 4 is 0 Å². The first-order valence-corrected chi connectivity index (χ1v) is 11.8. The van der Waals surface area contributed by atoms with E-state index in [2.05, 4.69) is 12.2 Å². The number of aliphatic hydroxyl groups is 1. The SMILES string of the molecule is CCCCCCCCCCCCCCCCCCOCC(O)CNCOC.